The second-order valence-corrected chi connectivity index (χ2v) is 14.9. The highest BCUT2D eigenvalue weighted by molar-refractivity contribution is 7.92. The normalized spacial score (nSPS) is 12.2. The summed E-state index contributed by atoms with van der Waals surface area (Å²) in [4.78, 5) is 29.9. The highest BCUT2D eigenvalue weighted by Crippen LogP contribution is 2.28. The Bertz CT molecular complexity index is 1780. The lowest BCUT2D eigenvalue weighted by molar-refractivity contribution is -0.140. The number of nitrogens with one attached hydrogen (secondary N) is 1. The van der Waals surface area contributed by atoms with Crippen LogP contribution in [0, 0.1) is 6.92 Å². The largest absolute Gasteiger partial charge is 0.352 e. The fourth-order valence-corrected chi connectivity index (χ4v) is 6.90. The van der Waals surface area contributed by atoms with Gasteiger partial charge in [-0.25, -0.2) is 8.42 Å². The summed E-state index contributed by atoms with van der Waals surface area (Å²) in [6, 6.07) is 26.9. The molecule has 0 aromatic heterocycles. The van der Waals surface area contributed by atoms with Crippen LogP contribution in [0.2, 0.25) is 10.0 Å². The molecule has 248 valence electrons. The van der Waals surface area contributed by atoms with Gasteiger partial charge in [-0.1, -0.05) is 103 Å². The molecule has 0 aliphatic rings. The number of anilines is 1. The van der Waals surface area contributed by atoms with Gasteiger partial charge in [0.25, 0.3) is 10.0 Å². The van der Waals surface area contributed by atoms with Crippen molar-refractivity contribution in [1.29, 1.82) is 0 Å². The number of benzene rings is 4. The first kappa shape index (κ1) is 36.0. The SMILES string of the molecule is Cc1ccc(S(=O)(=O)N(CC(=O)N(Cc2ccc(Cl)c(Cl)c2)C(Cc2ccccc2)C(=O)NC(C)C)c2ccc(C(C)C)cc2)cc1. The molecule has 47 heavy (non-hydrogen) atoms. The Hall–Kier alpha value is -3.85. The lowest BCUT2D eigenvalue weighted by Crippen LogP contribution is -2.54. The third kappa shape index (κ3) is 9.37. The Morgan fingerprint density at radius 3 is 2.00 bits per heavy atom. The van der Waals surface area contributed by atoms with Crippen molar-refractivity contribution in [2.45, 2.75) is 70.5 Å². The van der Waals surface area contributed by atoms with E-state index in [0.29, 0.717) is 21.3 Å². The molecule has 0 aliphatic heterocycles. The number of rotatable bonds is 13. The number of sulfonamides is 1. The van der Waals surface area contributed by atoms with Crippen LogP contribution in [0.3, 0.4) is 0 Å². The summed E-state index contributed by atoms with van der Waals surface area (Å²) < 4.78 is 29.6. The average Bonchev–Trinajstić information content (AvgIpc) is 3.03. The molecule has 7 nitrogen and oxygen atoms in total. The van der Waals surface area contributed by atoms with Gasteiger partial charge in [-0.3, -0.25) is 13.9 Å². The van der Waals surface area contributed by atoms with Crippen molar-refractivity contribution in [3.63, 3.8) is 0 Å². The van der Waals surface area contributed by atoms with Gasteiger partial charge in [0.1, 0.15) is 12.6 Å². The minimum atomic E-state index is -4.19. The molecule has 0 saturated carbocycles. The van der Waals surface area contributed by atoms with Crippen LogP contribution >= 0.6 is 23.2 Å². The lowest BCUT2D eigenvalue weighted by Gasteiger charge is -2.34. The summed E-state index contributed by atoms with van der Waals surface area (Å²) in [6.45, 7) is 9.11. The van der Waals surface area contributed by atoms with Gasteiger partial charge < -0.3 is 10.2 Å². The van der Waals surface area contributed by atoms with E-state index in [4.69, 9.17) is 23.2 Å². The molecule has 2 amide bonds. The molecular formula is C37H41Cl2N3O4S. The van der Waals surface area contributed by atoms with Gasteiger partial charge in [-0.2, -0.15) is 0 Å². The van der Waals surface area contributed by atoms with Crippen molar-refractivity contribution in [2.24, 2.45) is 0 Å². The van der Waals surface area contributed by atoms with Gasteiger partial charge in [0.15, 0.2) is 0 Å². The number of hydrogen-bond acceptors (Lipinski definition) is 4. The van der Waals surface area contributed by atoms with Crippen LogP contribution in [0.15, 0.2) is 102 Å². The molecule has 1 N–H and O–H groups in total. The monoisotopic (exact) mass is 693 g/mol. The van der Waals surface area contributed by atoms with Crippen LogP contribution < -0.4 is 9.62 Å². The molecular weight excluding hydrogens is 653 g/mol. The van der Waals surface area contributed by atoms with Crippen molar-refractivity contribution >= 4 is 50.7 Å². The fourth-order valence-electron chi connectivity index (χ4n) is 5.16. The molecule has 1 atom stereocenters. The van der Waals surface area contributed by atoms with Crippen molar-refractivity contribution < 1.29 is 18.0 Å². The van der Waals surface area contributed by atoms with Gasteiger partial charge in [-0.05, 0) is 79.8 Å². The highest BCUT2D eigenvalue weighted by Gasteiger charge is 2.35. The molecule has 4 aromatic rings. The Balaban J connectivity index is 1.83. The van der Waals surface area contributed by atoms with Crippen LogP contribution in [-0.2, 0) is 32.6 Å². The summed E-state index contributed by atoms with van der Waals surface area (Å²) in [6.07, 6.45) is 0.209. The van der Waals surface area contributed by atoms with E-state index in [1.54, 1.807) is 42.5 Å². The summed E-state index contributed by atoms with van der Waals surface area (Å²) in [5, 5.41) is 3.61. The van der Waals surface area contributed by atoms with Crippen LogP contribution in [-0.4, -0.2) is 43.8 Å². The van der Waals surface area contributed by atoms with E-state index in [1.807, 2.05) is 63.2 Å². The van der Waals surface area contributed by atoms with Crippen molar-refractivity contribution in [2.75, 3.05) is 10.8 Å². The zero-order valence-electron chi connectivity index (χ0n) is 27.3. The Morgan fingerprint density at radius 1 is 0.787 bits per heavy atom. The minimum absolute atomic E-state index is 0.0105. The lowest BCUT2D eigenvalue weighted by atomic mass is 10.0. The minimum Gasteiger partial charge on any atom is -0.352 e. The third-order valence-electron chi connectivity index (χ3n) is 7.77. The number of carbonyl (C=O) groups is 2. The number of amides is 2. The quantitative estimate of drug-likeness (QED) is 0.155. The molecule has 1 unspecified atom stereocenters. The van der Waals surface area contributed by atoms with Crippen LogP contribution in [0.4, 0.5) is 5.69 Å². The van der Waals surface area contributed by atoms with Gasteiger partial charge in [-0.15, -0.1) is 0 Å². The van der Waals surface area contributed by atoms with E-state index in [-0.39, 0.29) is 35.7 Å². The van der Waals surface area contributed by atoms with E-state index in [1.165, 1.54) is 17.0 Å². The number of carbonyl (C=O) groups excluding carboxylic acids is 2. The molecule has 0 fully saturated rings. The van der Waals surface area contributed by atoms with Crippen molar-refractivity contribution in [1.82, 2.24) is 10.2 Å². The topological polar surface area (TPSA) is 86.8 Å². The maximum absolute atomic E-state index is 14.6. The van der Waals surface area contributed by atoms with Gasteiger partial charge in [0.05, 0.1) is 20.6 Å². The molecule has 4 aromatic carbocycles. The number of hydrogen-bond donors (Lipinski definition) is 1. The molecule has 10 heteroatoms. The molecule has 0 saturated heterocycles. The smallest absolute Gasteiger partial charge is 0.264 e. The van der Waals surface area contributed by atoms with Gasteiger partial charge in [0.2, 0.25) is 11.8 Å². The van der Waals surface area contributed by atoms with E-state index in [9.17, 15) is 18.0 Å². The molecule has 0 bridgehead atoms. The maximum Gasteiger partial charge on any atom is 0.264 e. The molecule has 4 rings (SSSR count). The maximum atomic E-state index is 14.6. The first-order valence-corrected chi connectivity index (χ1v) is 17.7. The first-order chi connectivity index (χ1) is 22.3. The molecule has 0 aliphatic carbocycles. The predicted octanol–water partition coefficient (Wildman–Crippen LogP) is 7.79. The van der Waals surface area contributed by atoms with E-state index in [0.717, 1.165) is 21.0 Å². The second kappa shape index (κ2) is 15.8. The van der Waals surface area contributed by atoms with E-state index >= 15 is 0 Å². The number of halogens is 2. The zero-order valence-corrected chi connectivity index (χ0v) is 29.6. The first-order valence-electron chi connectivity index (χ1n) is 15.5. The summed E-state index contributed by atoms with van der Waals surface area (Å²) in [7, 11) is -4.19. The average molecular weight is 695 g/mol. The molecule has 0 radical (unpaired) electrons. The van der Waals surface area contributed by atoms with Crippen LogP contribution in [0.1, 0.15) is 55.9 Å². The van der Waals surface area contributed by atoms with Crippen LogP contribution in [0.5, 0.6) is 0 Å². The summed E-state index contributed by atoms with van der Waals surface area (Å²) in [5.74, 6) is -0.682. The highest BCUT2D eigenvalue weighted by atomic mass is 35.5. The number of aryl methyl sites for hydroxylation is 1. The molecule has 0 heterocycles. The zero-order chi connectivity index (χ0) is 34.3. The Kier molecular flexibility index (Phi) is 12.1. The Labute approximate surface area is 288 Å². The Morgan fingerprint density at radius 2 is 1.43 bits per heavy atom. The predicted molar refractivity (Wildman–Crippen MR) is 190 cm³/mol. The summed E-state index contributed by atoms with van der Waals surface area (Å²) >= 11 is 12.5. The fraction of sp³-hybridized carbons (Fsp3) is 0.297. The molecule has 0 spiro atoms. The van der Waals surface area contributed by atoms with Gasteiger partial charge in [0, 0.05) is 19.0 Å². The summed E-state index contributed by atoms with van der Waals surface area (Å²) in [5.41, 5.74) is 3.75. The standard InChI is InChI=1S/C37H41Cl2N3O4S/c1-25(2)30-14-16-31(17-15-30)42(47(45,46)32-18-11-27(5)12-19-32)24-36(43)41(23-29-13-20-33(38)34(39)21-29)35(37(44)40-26(3)4)22-28-9-7-6-8-10-28/h6-21,25-26,35H,22-24H2,1-5H3,(H,40,44). The van der Waals surface area contributed by atoms with Crippen molar-refractivity contribution in [3.05, 3.63) is 129 Å². The van der Waals surface area contributed by atoms with E-state index in [2.05, 4.69) is 19.2 Å². The van der Waals surface area contributed by atoms with Gasteiger partial charge >= 0.3 is 0 Å². The second-order valence-electron chi connectivity index (χ2n) is 12.2. The number of nitrogens with zero attached hydrogens (tertiary/aromatic N) is 2. The van der Waals surface area contributed by atoms with Crippen LogP contribution in [0.25, 0.3) is 0 Å². The van der Waals surface area contributed by atoms with E-state index < -0.39 is 28.5 Å². The third-order valence-corrected chi connectivity index (χ3v) is 10.3. The van der Waals surface area contributed by atoms with Crippen molar-refractivity contribution in [3.8, 4) is 0 Å².